The number of ether oxygens (including phenoxy) is 2. The molecule has 0 aliphatic rings. The summed E-state index contributed by atoms with van der Waals surface area (Å²) in [5.41, 5.74) is 7.07. The van der Waals surface area contributed by atoms with Gasteiger partial charge in [-0.1, -0.05) is 6.07 Å². The highest BCUT2D eigenvalue weighted by molar-refractivity contribution is 5.45. The first-order valence-electron chi connectivity index (χ1n) is 5.69. The van der Waals surface area contributed by atoms with E-state index in [-0.39, 0.29) is 6.04 Å². The minimum Gasteiger partial charge on any atom is -0.493 e. The summed E-state index contributed by atoms with van der Waals surface area (Å²) < 4.78 is 16.0. The molecule has 0 radical (unpaired) electrons. The van der Waals surface area contributed by atoms with Crippen molar-refractivity contribution < 1.29 is 13.9 Å². The summed E-state index contributed by atoms with van der Waals surface area (Å²) in [6.07, 6.45) is 0. The Morgan fingerprint density at radius 2 is 1.78 bits per heavy atom. The third-order valence-electron chi connectivity index (χ3n) is 2.83. The summed E-state index contributed by atoms with van der Waals surface area (Å²) in [5.74, 6) is 2.93. The molecule has 0 saturated carbocycles. The van der Waals surface area contributed by atoms with E-state index in [1.807, 2.05) is 37.3 Å². The van der Waals surface area contributed by atoms with Crippen molar-refractivity contribution >= 4 is 0 Å². The van der Waals surface area contributed by atoms with E-state index in [0.717, 1.165) is 17.1 Å². The molecule has 0 saturated heterocycles. The predicted molar refractivity (Wildman–Crippen MR) is 69.0 cm³/mol. The maximum Gasteiger partial charge on any atom is 0.161 e. The van der Waals surface area contributed by atoms with Gasteiger partial charge in [0.2, 0.25) is 0 Å². The lowest BCUT2D eigenvalue weighted by molar-refractivity contribution is 0.354. The van der Waals surface area contributed by atoms with Gasteiger partial charge < -0.3 is 19.6 Å². The van der Waals surface area contributed by atoms with Crippen LogP contribution in [0.1, 0.15) is 23.1 Å². The highest BCUT2D eigenvalue weighted by Crippen LogP contribution is 2.31. The van der Waals surface area contributed by atoms with Crippen molar-refractivity contribution in [3.63, 3.8) is 0 Å². The second kappa shape index (κ2) is 5.14. The minimum atomic E-state index is -0.307. The Kier molecular flexibility index (Phi) is 3.58. The first-order chi connectivity index (χ1) is 8.65. The SMILES string of the molecule is COc1ccc(C(N)c2ccc(C)o2)cc1OC. The van der Waals surface area contributed by atoms with Crippen molar-refractivity contribution in [3.05, 3.63) is 47.4 Å². The van der Waals surface area contributed by atoms with Gasteiger partial charge in [0.25, 0.3) is 0 Å². The smallest absolute Gasteiger partial charge is 0.161 e. The number of aryl methyl sites for hydroxylation is 1. The van der Waals surface area contributed by atoms with E-state index in [1.165, 1.54) is 0 Å². The Bertz CT molecular complexity index is 534. The van der Waals surface area contributed by atoms with Crippen LogP contribution in [0.15, 0.2) is 34.7 Å². The van der Waals surface area contributed by atoms with Gasteiger partial charge in [-0.15, -0.1) is 0 Å². The molecule has 2 aromatic rings. The molecule has 18 heavy (non-hydrogen) atoms. The van der Waals surface area contributed by atoms with Gasteiger partial charge in [0.05, 0.1) is 20.3 Å². The molecule has 1 aromatic heterocycles. The Labute approximate surface area is 106 Å². The van der Waals surface area contributed by atoms with E-state index in [1.54, 1.807) is 14.2 Å². The van der Waals surface area contributed by atoms with Crippen LogP contribution in [-0.4, -0.2) is 14.2 Å². The Morgan fingerprint density at radius 3 is 2.33 bits per heavy atom. The molecule has 2 rings (SSSR count). The van der Waals surface area contributed by atoms with Crippen LogP contribution in [0.3, 0.4) is 0 Å². The van der Waals surface area contributed by atoms with E-state index < -0.39 is 0 Å². The maximum absolute atomic E-state index is 6.15. The molecule has 0 fully saturated rings. The van der Waals surface area contributed by atoms with Gasteiger partial charge in [-0.3, -0.25) is 0 Å². The standard InChI is InChI=1S/C14H17NO3/c1-9-4-6-12(18-9)14(15)10-5-7-11(16-2)13(8-10)17-3/h4-8,14H,15H2,1-3H3. The van der Waals surface area contributed by atoms with Gasteiger partial charge in [0, 0.05) is 0 Å². The molecule has 4 nitrogen and oxygen atoms in total. The molecule has 2 N–H and O–H groups in total. The van der Waals surface area contributed by atoms with Crippen molar-refractivity contribution in [3.8, 4) is 11.5 Å². The number of hydrogen-bond donors (Lipinski definition) is 1. The normalized spacial score (nSPS) is 12.2. The molecule has 4 heteroatoms. The van der Waals surface area contributed by atoms with Crippen LogP contribution in [0.25, 0.3) is 0 Å². The van der Waals surface area contributed by atoms with Crippen LogP contribution in [0.4, 0.5) is 0 Å². The number of furan rings is 1. The van der Waals surface area contributed by atoms with Crippen LogP contribution in [0.2, 0.25) is 0 Å². The largest absolute Gasteiger partial charge is 0.493 e. The summed E-state index contributed by atoms with van der Waals surface area (Å²) in [6.45, 7) is 1.89. The first-order valence-corrected chi connectivity index (χ1v) is 5.69. The molecular weight excluding hydrogens is 230 g/mol. The van der Waals surface area contributed by atoms with Crippen LogP contribution in [-0.2, 0) is 0 Å². The second-order valence-corrected chi connectivity index (χ2v) is 4.04. The van der Waals surface area contributed by atoms with Crippen molar-refractivity contribution in [1.82, 2.24) is 0 Å². The van der Waals surface area contributed by atoms with Gasteiger partial charge in [0.15, 0.2) is 11.5 Å². The highest BCUT2D eigenvalue weighted by atomic mass is 16.5. The molecule has 1 aromatic carbocycles. The summed E-state index contributed by atoms with van der Waals surface area (Å²) in [7, 11) is 3.21. The second-order valence-electron chi connectivity index (χ2n) is 4.04. The lowest BCUT2D eigenvalue weighted by Gasteiger charge is -2.13. The van der Waals surface area contributed by atoms with Crippen LogP contribution >= 0.6 is 0 Å². The fourth-order valence-electron chi connectivity index (χ4n) is 1.83. The van der Waals surface area contributed by atoms with Gasteiger partial charge >= 0.3 is 0 Å². The number of rotatable bonds is 4. The van der Waals surface area contributed by atoms with Gasteiger partial charge in [0.1, 0.15) is 11.5 Å². The molecule has 96 valence electrons. The molecule has 0 spiro atoms. The summed E-state index contributed by atoms with van der Waals surface area (Å²) in [4.78, 5) is 0. The molecule has 0 amide bonds. The molecular formula is C14H17NO3. The topological polar surface area (TPSA) is 57.6 Å². The fourth-order valence-corrected chi connectivity index (χ4v) is 1.83. The van der Waals surface area contributed by atoms with Crippen molar-refractivity contribution in [2.75, 3.05) is 14.2 Å². The van der Waals surface area contributed by atoms with Crippen molar-refractivity contribution in [2.45, 2.75) is 13.0 Å². The molecule has 1 heterocycles. The number of methoxy groups -OCH3 is 2. The lowest BCUT2D eigenvalue weighted by atomic mass is 10.0. The molecule has 0 bridgehead atoms. The monoisotopic (exact) mass is 247 g/mol. The zero-order valence-corrected chi connectivity index (χ0v) is 10.8. The average Bonchev–Trinajstić information content (AvgIpc) is 2.83. The van der Waals surface area contributed by atoms with Gasteiger partial charge in [-0.2, -0.15) is 0 Å². The van der Waals surface area contributed by atoms with Crippen LogP contribution < -0.4 is 15.2 Å². The third-order valence-corrected chi connectivity index (χ3v) is 2.83. The van der Waals surface area contributed by atoms with Crippen molar-refractivity contribution in [2.24, 2.45) is 5.73 Å². The fraction of sp³-hybridized carbons (Fsp3) is 0.286. The Balaban J connectivity index is 2.33. The minimum absolute atomic E-state index is 0.307. The highest BCUT2D eigenvalue weighted by Gasteiger charge is 2.15. The molecule has 1 atom stereocenters. The Morgan fingerprint density at radius 1 is 1.06 bits per heavy atom. The molecule has 1 unspecified atom stereocenters. The van der Waals surface area contributed by atoms with E-state index in [9.17, 15) is 0 Å². The zero-order valence-electron chi connectivity index (χ0n) is 10.8. The van der Waals surface area contributed by atoms with E-state index in [4.69, 9.17) is 19.6 Å². The quantitative estimate of drug-likeness (QED) is 0.902. The summed E-state index contributed by atoms with van der Waals surface area (Å²) in [6, 6.07) is 9.08. The zero-order chi connectivity index (χ0) is 13.1. The number of nitrogens with two attached hydrogens (primary N) is 1. The average molecular weight is 247 g/mol. The predicted octanol–water partition coefficient (Wildman–Crippen LogP) is 2.65. The van der Waals surface area contributed by atoms with Gasteiger partial charge in [-0.25, -0.2) is 0 Å². The van der Waals surface area contributed by atoms with Crippen molar-refractivity contribution in [1.29, 1.82) is 0 Å². The first kappa shape index (κ1) is 12.5. The van der Waals surface area contributed by atoms with E-state index in [0.29, 0.717) is 11.5 Å². The number of hydrogen-bond acceptors (Lipinski definition) is 4. The van der Waals surface area contributed by atoms with E-state index in [2.05, 4.69) is 0 Å². The third kappa shape index (κ3) is 2.33. The summed E-state index contributed by atoms with van der Waals surface area (Å²) in [5, 5.41) is 0. The molecule has 0 aliphatic heterocycles. The van der Waals surface area contributed by atoms with Gasteiger partial charge in [-0.05, 0) is 36.8 Å². The Hall–Kier alpha value is -1.94. The molecule has 0 aliphatic carbocycles. The van der Waals surface area contributed by atoms with Crippen LogP contribution in [0, 0.1) is 6.92 Å². The number of benzene rings is 1. The summed E-state index contributed by atoms with van der Waals surface area (Å²) >= 11 is 0. The lowest BCUT2D eigenvalue weighted by Crippen LogP contribution is -2.11. The van der Waals surface area contributed by atoms with Crippen LogP contribution in [0.5, 0.6) is 11.5 Å². The van der Waals surface area contributed by atoms with E-state index >= 15 is 0 Å². The maximum atomic E-state index is 6.15.